The molecule has 104 valence electrons. The first kappa shape index (κ1) is 13.2. The highest BCUT2D eigenvalue weighted by Gasteiger charge is 2.05. The number of phenolic OH excluding ortho intramolecular Hbond substituents is 1. The highest BCUT2D eigenvalue weighted by Crippen LogP contribution is 2.29. The lowest BCUT2D eigenvalue weighted by atomic mass is 10.0. The molecule has 0 amide bonds. The largest absolute Gasteiger partial charge is 0.507 e. The molecule has 1 N–H and O–H groups in total. The molecule has 3 aromatic carbocycles. The average molecular weight is 277 g/mol. The van der Waals surface area contributed by atoms with Gasteiger partial charge in [-0.25, -0.2) is 0 Å². The zero-order valence-corrected chi connectivity index (χ0v) is 11.7. The maximum absolute atomic E-state index is 10.1. The number of rotatable bonds is 3. The van der Waals surface area contributed by atoms with E-state index in [0.717, 1.165) is 16.5 Å². The fourth-order valence-electron chi connectivity index (χ4n) is 2.29. The molecule has 3 rings (SSSR count). The Labute approximate surface area is 123 Å². The van der Waals surface area contributed by atoms with E-state index in [-0.39, 0.29) is 5.75 Å². The summed E-state index contributed by atoms with van der Waals surface area (Å²) in [7, 11) is 1.61. The number of aliphatic imine (C=N–C) groups is 1. The molecule has 0 unspecified atom stereocenters. The molecule has 0 bridgehead atoms. The van der Waals surface area contributed by atoms with E-state index >= 15 is 0 Å². The van der Waals surface area contributed by atoms with Gasteiger partial charge in [-0.3, -0.25) is 4.99 Å². The number of aromatic hydroxyl groups is 1. The second kappa shape index (κ2) is 5.67. The Kier molecular flexibility index (Phi) is 3.56. The molecule has 0 spiro atoms. The van der Waals surface area contributed by atoms with Crippen molar-refractivity contribution >= 4 is 22.7 Å². The van der Waals surface area contributed by atoms with Crippen molar-refractivity contribution in [2.75, 3.05) is 7.11 Å². The minimum absolute atomic E-state index is 0.215. The minimum Gasteiger partial charge on any atom is -0.507 e. The van der Waals surface area contributed by atoms with Gasteiger partial charge < -0.3 is 9.84 Å². The molecule has 0 aliphatic rings. The van der Waals surface area contributed by atoms with Gasteiger partial charge in [0.1, 0.15) is 17.2 Å². The van der Waals surface area contributed by atoms with Gasteiger partial charge in [-0.05, 0) is 29.0 Å². The molecule has 0 aliphatic carbocycles. The van der Waals surface area contributed by atoms with Crippen molar-refractivity contribution < 1.29 is 9.84 Å². The summed E-state index contributed by atoms with van der Waals surface area (Å²) in [6, 6.07) is 19.0. The number of para-hydroxylation sites is 2. The van der Waals surface area contributed by atoms with Crippen LogP contribution in [0.15, 0.2) is 65.7 Å². The van der Waals surface area contributed by atoms with Crippen molar-refractivity contribution in [1.29, 1.82) is 0 Å². The Bertz CT molecular complexity index is 809. The van der Waals surface area contributed by atoms with Crippen LogP contribution < -0.4 is 4.74 Å². The lowest BCUT2D eigenvalue weighted by molar-refractivity contribution is 0.416. The quantitative estimate of drug-likeness (QED) is 0.725. The van der Waals surface area contributed by atoms with E-state index in [1.54, 1.807) is 19.4 Å². The molecule has 21 heavy (non-hydrogen) atoms. The van der Waals surface area contributed by atoms with Crippen LogP contribution in [0.5, 0.6) is 11.5 Å². The van der Waals surface area contributed by atoms with Gasteiger partial charge >= 0.3 is 0 Å². The molecule has 0 atom stereocenters. The van der Waals surface area contributed by atoms with Gasteiger partial charge in [0.15, 0.2) is 0 Å². The molecular formula is C18H15NO2. The van der Waals surface area contributed by atoms with Gasteiger partial charge in [0.25, 0.3) is 0 Å². The predicted octanol–water partition coefficient (Wildman–Crippen LogP) is 4.30. The van der Waals surface area contributed by atoms with Crippen LogP contribution in [0.4, 0.5) is 5.69 Å². The SMILES string of the molecule is COc1ccccc1N=Cc1c(O)ccc2ccccc12. The average Bonchev–Trinajstić information content (AvgIpc) is 2.54. The molecule has 0 fully saturated rings. The summed E-state index contributed by atoms with van der Waals surface area (Å²) in [6.07, 6.45) is 1.68. The number of nitrogens with zero attached hydrogens (tertiary/aromatic N) is 1. The Morgan fingerprint density at radius 3 is 2.57 bits per heavy atom. The molecule has 0 aliphatic heterocycles. The molecule has 0 aromatic heterocycles. The third kappa shape index (κ3) is 2.58. The predicted molar refractivity (Wildman–Crippen MR) is 85.9 cm³/mol. The van der Waals surface area contributed by atoms with Crippen LogP contribution in [0.1, 0.15) is 5.56 Å². The van der Waals surface area contributed by atoms with Gasteiger partial charge in [0, 0.05) is 11.8 Å². The van der Waals surface area contributed by atoms with E-state index in [0.29, 0.717) is 11.3 Å². The summed E-state index contributed by atoms with van der Waals surface area (Å²) >= 11 is 0. The summed E-state index contributed by atoms with van der Waals surface area (Å²) in [5.41, 5.74) is 1.44. The van der Waals surface area contributed by atoms with E-state index in [9.17, 15) is 5.11 Å². The second-order valence-corrected chi connectivity index (χ2v) is 4.65. The number of ether oxygens (including phenoxy) is 1. The number of methoxy groups -OCH3 is 1. The van der Waals surface area contributed by atoms with Gasteiger partial charge in [-0.15, -0.1) is 0 Å². The highest BCUT2D eigenvalue weighted by atomic mass is 16.5. The Morgan fingerprint density at radius 2 is 1.71 bits per heavy atom. The van der Waals surface area contributed by atoms with E-state index < -0.39 is 0 Å². The third-order valence-corrected chi connectivity index (χ3v) is 3.37. The van der Waals surface area contributed by atoms with Crippen molar-refractivity contribution in [3.63, 3.8) is 0 Å². The van der Waals surface area contributed by atoms with E-state index in [4.69, 9.17) is 4.74 Å². The number of phenols is 1. The fourth-order valence-corrected chi connectivity index (χ4v) is 2.29. The molecule has 3 nitrogen and oxygen atoms in total. The fraction of sp³-hybridized carbons (Fsp3) is 0.0556. The van der Waals surface area contributed by atoms with Crippen LogP contribution in [-0.4, -0.2) is 18.4 Å². The topological polar surface area (TPSA) is 41.8 Å². The summed E-state index contributed by atoms with van der Waals surface area (Å²) in [5.74, 6) is 0.917. The maximum atomic E-state index is 10.1. The first-order valence-electron chi connectivity index (χ1n) is 6.67. The standard InChI is InChI=1S/C18H15NO2/c1-21-18-9-5-4-8-16(18)19-12-15-14-7-3-2-6-13(14)10-11-17(15)20/h2-12,20H,1H3. The third-order valence-electron chi connectivity index (χ3n) is 3.37. The summed E-state index contributed by atoms with van der Waals surface area (Å²) in [6.45, 7) is 0. The first-order valence-corrected chi connectivity index (χ1v) is 6.67. The summed E-state index contributed by atoms with van der Waals surface area (Å²) in [4.78, 5) is 4.45. The van der Waals surface area contributed by atoms with Crippen molar-refractivity contribution in [3.05, 3.63) is 66.2 Å². The summed E-state index contributed by atoms with van der Waals surface area (Å²) < 4.78 is 5.28. The van der Waals surface area contributed by atoms with E-state index in [1.807, 2.05) is 54.6 Å². The molecule has 3 aromatic rings. The number of benzene rings is 3. The van der Waals surface area contributed by atoms with Gasteiger partial charge in [-0.1, -0.05) is 42.5 Å². The minimum atomic E-state index is 0.215. The molecular weight excluding hydrogens is 262 g/mol. The number of fused-ring (bicyclic) bond motifs is 1. The van der Waals surface area contributed by atoms with E-state index in [1.165, 1.54) is 0 Å². The maximum Gasteiger partial charge on any atom is 0.144 e. The molecule has 0 heterocycles. The van der Waals surface area contributed by atoms with Crippen molar-refractivity contribution in [2.45, 2.75) is 0 Å². The van der Waals surface area contributed by atoms with Gasteiger partial charge in [0.2, 0.25) is 0 Å². The Balaban J connectivity index is 2.09. The normalized spacial score (nSPS) is 11.1. The van der Waals surface area contributed by atoms with Crippen molar-refractivity contribution in [1.82, 2.24) is 0 Å². The number of hydrogen-bond acceptors (Lipinski definition) is 3. The van der Waals surface area contributed by atoms with Gasteiger partial charge in [0.05, 0.1) is 7.11 Å². The first-order chi connectivity index (χ1) is 10.3. The van der Waals surface area contributed by atoms with Crippen molar-refractivity contribution in [3.8, 4) is 11.5 Å². The second-order valence-electron chi connectivity index (χ2n) is 4.65. The van der Waals surface area contributed by atoms with E-state index in [2.05, 4.69) is 4.99 Å². The van der Waals surface area contributed by atoms with Crippen LogP contribution in [0.3, 0.4) is 0 Å². The number of hydrogen-bond donors (Lipinski definition) is 1. The highest BCUT2D eigenvalue weighted by molar-refractivity contribution is 6.03. The molecule has 0 radical (unpaired) electrons. The zero-order chi connectivity index (χ0) is 14.7. The van der Waals surface area contributed by atoms with Crippen LogP contribution in [0, 0.1) is 0 Å². The summed E-state index contributed by atoms with van der Waals surface area (Å²) in [5, 5.41) is 12.1. The van der Waals surface area contributed by atoms with Crippen LogP contribution >= 0.6 is 0 Å². The molecule has 0 saturated heterocycles. The monoisotopic (exact) mass is 277 g/mol. The Hall–Kier alpha value is -2.81. The molecule has 0 saturated carbocycles. The lowest BCUT2D eigenvalue weighted by Gasteiger charge is -2.06. The zero-order valence-electron chi connectivity index (χ0n) is 11.7. The molecule has 3 heteroatoms. The van der Waals surface area contributed by atoms with Crippen LogP contribution in [0.2, 0.25) is 0 Å². The Morgan fingerprint density at radius 1 is 0.952 bits per heavy atom. The van der Waals surface area contributed by atoms with Crippen molar-refractivity contribution in [2.24, 2.45) is 4.99 Å². The lowest BCUT2D eigenvalue weighted by Crippen LogP contribution is -1.87. The smallest absolute Gasteiger partial charge is 0.144 e. The van der Waals surface area contributed by atoms with Gasteiger partial charge in [-0.2, -0.15) is 0 Å². The van der Waals surface area contributed by atoms with Crippen LogP contribution in [-0.2, 0) is 0 Å². The van der Waals surface area contributed by atoms with Crippen LogP contribution in [0.25, 0.3) is 10.8 Å².